The van der Waals surface area contributed by atoms with E-state index in [1.807, 2.05) is 27.7 Å². The highest BCUT2D eigenvalue weighted by atomic mass is 16.5. The van der Waals surface area contributed by atoms with Crippen molar-refractivity contribution in [1.82, 2.24) is 0 Å². The molecule has 0 saturated heterocycles. The Balaban J connectivity index is -0.0000000898. The Kier molecular flexibility index (Phi) is 53.9. The summed E-state index contributed by atoms with van der Waals surface area (Å²) in [6, 6.07) is 0. The van der Waals surface area contributed by atoms with Gasteiger partial charge in [0, 0.05) is 32.7 Å². The number of ether oxygens (including phenoxy) is 3. The second-order valence-electron chi connectivity index (χ2n) is 11.2. The van der Waals surface area contributed by atoms with E-state index in [-0.39, 0.29) is 36.4 Å². The van der Waals surface area contributed by atoms with Crippen molar-refractivity contribution in [2.75, 3.05) is 13.2 Å². The van der Waals surface area contributed by atoms with Crippen molar-refractivity contribution in [3.8, 4) is 0 Å². The molecule has 0 aromatic carbocycles. The Morgan fingerprint density at radius 1 is 0.650 bits per heavy atom. The molecule has 0 aliphatic carbocycles. The molecule has 7 heteroatoms. The molecule has 0 fully saturated rings. The summed E-state index contributed by atoms with van der Waals surface area (Å²) in [5.74, 6) is 1.24. The summed E-state index contributed by atoms with van der Waals surface area (Å²) in [7, 11) is 0. The van der Waals surface area contributed by atoms with E-state index in [1.54, 1.807) is 27.7 Å². The molecule has 0 aromatic heterocycles. The molecule has 0 rings (SSSR count). The Morgan fingerprint density at radius 3 is 1.20 bits per heavy atom. The van der Waals surface area contributed by atoms with Gasteiger partial charge in [0.15, 0.2) is 0 Å². The SMILES string of the molecule is CC(=O)OC(C)C.CC(=O)OC(C)C.CC(C)O.CC(C)O.CCCCC(C)C.CCCOCC=CCC(C)C. The highest BCUT2D eigenvalue weighted by Crippen LogP contribution is 2.04. The molecule has 2 N–H and O–H groups in total. The zero-order valence-corrected chi connectivity index (χ0v) is 29.5. The Morgan fingerprint density at radius 2 is 1.02 bits per heavy atom. The van der Waals surface area contributed by atoms with Crippen LogP contribution < -0.4 is 0 Å². The minimum atomic E-state index is -0.213. The number of aliphatic hydroxyl groups is 2. The van der Waals surface area contributed by atoms with Gasteiger partial charge in [-0.25, -0.2) is 0 Å². The van der Waals surface area contributed by atoms with Crippen LogP contribution in [0.2, 0.25) is 0 Å². The Hall–Kier alpha value is -1.44. The van der Waals surface area contributed by atoms with Crippen molar-refractivity contribution in [1.29, 1.82) is 0 Å². The molecular weight excluding hydrogens is 508 g/mol. The smallest absolute Gasteiger partial charge is 0.302 e. The fourth-order valence-corrected chi connectivity index (χ4v) is 2.01. The third-order valence-electron chi connectivity index (χ3n) is 3.28. The first-order chi connectivity index (χ1) is 18.3. The van der Waals surface area contributed by atoms with Gasteiger partial charge in [-0.2, -0.15) is 0 Å². The van der Waals surface area contributed by atoms with Crippen LogP contribution in [0.4, 0.5) is 0 Å². The maximum atomic E-state index is 10.0. The number of rotatable bonds is 11. The normalized spacial score (nSPS) is 10.0. The van der Waals surface area contributed by atoms with Crippen LogP contribution >= 0.6 is 0 Å². The molecule has 0 aliphatic rings. The second kappa shape index (κ2) is 42.0. The number of hydrogen-bond acceptors (Lipinski definition) is 7. The molecule has 246 valence electrons. The van der Waals surface area contributed by atoms with E-state index in [9.17, 15) is 9.59 Å². The number of aliphatic hydroxyl groups excluding tert-OH is 2. The van der Waals surface area contributed by atoms with Crippen LogP contribution in [-0.4, -0.2) is 59.8 Å². The predicted octanol–water partition coefficient (Wildman–Crippen LogP) is 8.54. The van der Waals surface area contributed by atoms with E-state index in [0.717, 1.165) is 37.9 Å². The molecule has 7 nitrogen and oxygen atoms in total. The van der Waals surface area contributed by atoms with Gasteiger partial charge in [0.2, 0.25) is 0 Å². The molecule has 0 bridgehead atoms. The molecule has 40 heavy (non-hydrogen) atoms. The number of carbonyl (C=O) groups excluding carboxylic acids is 2. The summed E-state index contributed by atoms with van der Waals surface area (Å²) in [5.41, 5.74) is 0. The third kappa shape index (κ3) is 134. The van der Waals surface area contributed by atoms with Crippen LogP contribution in [0.15, 0.2) is 12.2 Å². The van der Waals surface area contributed by atoms with Crippen molar-refractivity contribution >= 4 is 11.9 Å². The molecule has 0 atom stereocenters. The van der Waals surface area contributed by atoms with Gasteiger partial charge < -0.3 is 24.4 Å². The third-order valence-corrected chi connectivity index (χ3v) is 3.28. The van der Waals surface area contributed by atoms with E-state index in [2.05, 4.69) is 63.2 Å². The van der Waals surface area contributed by atoms with Gasteiger partial charge in [-0.3, -0.25) is 9.59 Å². The van der Waals surface area contributed by atoms with Gasteiger partial charge in [0.1, 0.15) is 0 Å². The molecule has 0 radical (unpaired) electrons. The van der Waals surface area contributed by atoms with Gasteiger partial charge >= 0.3 is 11.9 Å². The van der Waals surface area contributed by atoms with Crippen LogP contribution in [0.1, 0.15) is 143 Å². The Bertz CT molecular complexity index is 466. The fourth-order valence-electron chi connectivity index (χ4n) is 2.01. The minimum Gasteiger partial charge on any atom is -0.463 e. The summed E-state index contributed by atoms with van der Waals surface area (Å²) in [6.07, 6.45) is 10.4. The van der Waals surface area contributed by atoms with Crippen molar-refractivity contribution in [2.24, 2.45) is 11.8 Å². The first-order valence-electron chi connectivity index (χ1n) is 15.2. The zero-order valence-electron chi connectivity index (χ0n) is 29.5. The largest absolute Gasteiger partial charge is 0.463 e. The molecule has 0 aliphatic heterocycles. The van der Waals surface area contributed by atoms with Crippen molar-refractivity contribution in [2.45, 2.75) is 167 Å². The lowest BCUT2D eigenvalue weighted by Crippen LogP contribution is -2.06. The zero-order chi connectivity index (χ0) is 33.1. The molecule has 0 spiro atoms. The van der Waals surface area contributed by atoms with Gasteiger partial charge in [-0.15, -0.1) is 0 Å². The average Bonchev–Trinajstić information content (AvgIpc) is 2.73. The average molecular weight is 581 g/mol. The van der Waals surface area contributed by atoms with Crippen LogP contribution in [0.5, 0.6) is 0 Å². The van der Waals surface area contributed by atoms with Gasteiger partial charge in [-0.05, 0) is 80.1 Å². The maximum Gasteiger partial charge on any atom is 0.302 e. The predicted molar refractivity (Wildman–Crippen MR) is 173 cm³/mol. The topological polar surface area (TPSA) is 102 Å². The van der Waals surface area contributed by atoms with Crippen LogP contribution in [0.3, 0.4) is 0 Å². The maximum absolute atomic E-state index is 10.0. The molecule has 0 heterocycles. The highest BCUT2D eigenvalue weighted by Gasteiger charge is 1.94. The first-order valence-corrected chi connectivity index (χ1v) is 15.2. The fraction of sp³-hybridized carbons (Fsp3) is 0.879. The first kappa shape index (κ1) is 51.3. The summed E-state index contributed by atoms with van der Waals surface area (Å²) in [5, 5.41) is 16.1. The van der Waals surface area contributed by atoms with Crippen LogP contribution in [-0.2, 0) is 23.8 Å². The van der Waals surface area contributed by atoms with E-state index in [1.165, 1.54) is 33.1 Å². The quantitative estimate of drug-likeness (QED) is 0.143. The second-order valence-corrected chi connectivity index (χ2v) is 11.2. The van der Waals surface area contributed by atoms with Crippen molar-refractivity contribution < 1.29 is 34.0 Å². The molecule has 0 saturated carbocycles. The summed E-state index contributed by atoms with van der Waals surface area (Å²) in [4.78, 5) is 20.1. The van der Waals surface area contributed by atoms with Gasteiger partial charge in [-0.1, -0.05) is 73.0 Å². The number of hydrogen-bond donors (Lipinski definition) is 2. The van der Waals surface area contributed by atoms with E-state index in [0.29, 0.717) is 0 Å². The van der Waals surface area contributed by atoms with E-state index >= 15 is 0 Å². The van der Waals surface area contributed by atoms with E-state index < -0.39 is 0 Å². The standard InChI is InChI=1S/C10H20O.C7H16.2C5H10O2.2C3H8O/c1-4-8-11-9-6-5-7-10(2)3;1-4-5-6-7(2)3;2*1-4(2)7-5(3)6;2*1-3(2)4/h5-6,10H,4,7-9H2,1-3H3;7H,4-6H2,1-3H3;2*4H,1-3H3;2*3-4H,1-2H3. The highest BCUT2D eigenvalue weighted by molar-refractivity contribution is 5.66. The van der Waals surface area contributed by atoms with Crippen LogP contribution in [0.25, 0.3) is 0 Å². The van der Waals surface area contributed by atoms with Gasteiger partial charge in [0.25, 0.3) is 0 Å². The monoisotopic (exact) mass is 581 g/mol. The van der Waals surface area contributed by atoms with Crippen LogP contribution in [0, 0.1) is 11.8 Å². The van der Waals surface area contributed by atoms with Gasteiger partial charge in [0.05, 0.1) is 18.8 Å². The molecule has 0 aromatic rings. The minimum absolute atomic E-state index is 0.0255. The number of allylic oxidation sites excluding steroid dienone is 1. The molecular formula is C33H72O7. The van der Waals surface area contributed by atoms with Crippen molar-refractivity contribution in [3.63, 3.8) is 0 Å². The summed E-state index contributed by atoms with van der Waals surface area (Å²) < 4.78 is 14.5. The Labute approximate surface area is 250 Å². The van der Waals surface area contributed by atoms with E-state index in [4.69, 9.17) is 14.9 Å². The summed E-state index contributed by atoms with van der Waals surface area (Å²) in [6.45, 7) is 32.0. The number of esters is 2. The lowest BCUT2D eigenvalue weighted by Gasteiger charge is -2.01. The molecule has 0 amide bonds. The lowest BCUT2D eigenvalue weighted by atomic mass is 10.1. The molecule has 0 unspecified atom stereocenters. The number of carbonyl (C=O) groups is 2. The summed E-state index contributed by atoms with van der Waals surface area (Å²) >= 11 is 0. The number of unbranched alkanes of at least 4 members (excludes halogenated alkanes) is 1. The van der Waals surface area contributed by atoms with Crippen molar-refractivity contribution in [3.05, 3.63) is 12.2 Å². The lowest BCUT2D eigenvalue weighted by molar-refractivity contribution is -0.145.